The van der Waals surface area contributed by atoms with E-state index in [4.69, 9.17) is 16.0 Å². The number of benzene rings is 2. The molecule has 250 valence electrons. The number of rotatable bonds is 12. The van der Waals surface area contributed by atoms with Crippen LogP contribution in [0.1, 0.15) is 71.9 Å². The van der Waals surface area contributed by atoms with Crippen molar-refractivity contribution in [2.45, 2.75) is 63.6 Å². The molecule has 1 saturated heterocycles. The zero-order valence-corrected chi connectivity index (χ0v) is 27.8. The second-order valence-corrected chi connectivity index (χ2v) is 13.9. The number of hydrogen-bond acceptors (Lipinski definition) is 9. The van der Waals surface area contributed by atoms with Crippen LogP contribution in [0.25, 0.3) is 0 Å². The van der Waals surface area contributed by atoms with E-state index in [1.54, 1.807) is 27.7 Å². The fourth-order valence-corrected chi connectivity index (χ4v) is 6.21. The molecule has 2 aromatic carbocycles. The minimum Gasteiger partial charge on any atom is -0.442 e. The lowest BCUT2D eigenvalue weighted by Crippen LogP contribution is -2.57. The molecular weight excluding hydrogens is 650 g/mol. The van der Waals surface area contributed by atoms with E-state index in [9.17, 15) is 32.4 Å². The summed E-state index contributed by atoms with van der Waals surface area (Å²) in [6.07, 6.45) is 3.55. The second-order valence-electron chi connectivity index (χ2n) is 11.8. The van der Waals surface area contributed by atoms with Gasteiger partial charge in [0, 0.05) is 22.7 Å². The number of aromatic nitrogens is 1. The number of likely N-dealkylation sites (tertiary alicyclic amines) is 1. The van der Waals surface area contributed by atoms with Gasteiger partial charge < -0.3 is 20.0 Å². The van der Waals surface area contributed by atoms with Gasteiger partial charge in [-0.25, -0.2) is 18.1 Å². The molecule has 0 spiro atoms. The van der Waals surface area contributed by atoms with E-state index in [2.05, 4.69) is 15.6 Å². The summed E-state index contributed by atoms with van der Waals surface area (Å²) in [5, 5.41) is 5.83. The number of carbonyl (C=O) groups is 5. The fourth-order valence-electron chi connectivity index (χ4n) is 5.11. The maximum atomic E-state index is 13.7. The second kappa shape index (κ2) is 14.9. The van der Waals surface area contributed by atoms with Gasteiger partial charge in [0.05, 0.1) is 17.1 Å². The van der Waals surface area contributed by atoms with Crippen molar-refractivity contribution in [3.05, 3.63) is 83.0 Å². The molecule has 1 aliphatic heterocycles. The Morgan fingerprint density at radius 1 is 0.872 bits per heavy atom. The van der Waals surface area contributed by atoms with Crippen molar-refractivity contribution in [2.24, 2.45) is 11.8 Å². The molecule has 4 rings (SSSR count). The van der Waals surface area contributed by atoms with E-state index < -0.39 is 57.6 Å². The molecule has 3 atom stereocenters. The molecule has 13 nitrogen and oxygen atoms in total. The van der Waals surface area contributed by atoms with Crippen LogP contribution in [0.2, 0.25) is 5.02 Å². The van der Waals surface area contributed by atoms with Crippen molar-refractivity contribution in [3.63, 3.8) is 0 Å². The van der Waals surface area contributed by atoms with Crippen LogP contribution in [0.4, 0.5) is 0 Å². The Hall–Kier alpha value is -4.56. The summed E-state index contributed by atoms with van der Waals surface area (Å²) in [6.45, 7) is 7.35. The highest BCUT2D eigenvalue weighted by molar-refractivity contribution is 7.90. The Bertz CT molecular complexity index is 1730. The highest BCUT2D eigenvalue weighted by Crippen LogP contribution is 2.22. The number of halogens is 1. The molecule has 0 aliphatic carbocycles. The Morgan fingerprint density at radius 3 is 2.02 bits per heavy atom. The maximum absolute atomic E-state index is 13.7. The van der Waals surface area contributed by atoms with E-state index in [-0.39, 0.29) is 33.7 Å². The van der Waals surface area contributed by atoms with E-state index in [1.807, 2.05) is 4.72 Å². The lowest BCUT2D eigenvalue weighted by molar-refractivity contribution is -0.140. The average molecular weight is 686 g/mol. The van der Waals surface area contributed by atoms with Crippen LogP contribution in [-0.4, -0.2) is 72.4 Å². The molecule has 1 fully saturated rings. The summed E-state index contributed by atoms with van der Waals surface area (Å²) in [5.74, 6) is -3.68. The van der Waals surface area contributed by atoms with Crippen molar-refractivity contribution in [3.8, 4) is 0 Å². The molecule has 47 heavy (non-hydrogen) atoms. The first-order chi connectivity index (χ1) is 22.2. The minimum atomic E-state index is -4.16. The molecule has 4 amide bonds. The minimum absolute atomic E-state index is 0.0116. The highest BCUT2D eigenvalue weighted by atomic mass is 35.5. The van der Waals surface area contributed by atoms with Gasteiger partial charge in [-0.2, -0.15) is 0 Å². The van der Waals surface area contributed by atoms with E-state index in [1.165, 1.54) is 65.9 Å². The molecule has 15 heteroatoms. The van der Waals surface area contributed by atoms with Crippen LogP contribution >= 0.6 is 11.6 Å². The van der Waals surface area contributed by atoms with Crippen molar-refractivity contribution in [1.82, 2.24) is 25.2 Å². The first kappa shape index (κ1) is 35.3. The number of ketones is 1. The largest absolute Gasteiger partial charge is 0.442 e. The first-order valence-electron chi connectivity index (χ1n) is 15.0. The summed E-state index contributed by atoms with van der Waals surface area (Å²) in [5.41, 5.74) is 0.114. The number of nitrogens with one attached hydrogen (secondary N) is 3. The SMILES string of the molecule is CC(C)C(NC(=O)[C@@H]1CCCN1C(=O)[C@@H](NC(=O)c1ccc(C(=O)NS(=O)(=O)c2ccc(Cl)cc2)cc1)C(C)C)C(=O)c1ncco1. The molecule has 3 N–H and O–H groups in total. The van der Waals surface area contributed by atoms with Crippen molar-refractivity contribution < 1.29 is 36.8 Å². The quantitative estimate of drug-likeness (QED) is 0.241. The standard InChI is InChI=1S/C32H36ClN5O8S/c1-18(2)25(27(39)31-34-15-17-46-31)35-30(42)24-6-5-16-38(24)32(43)26(19(3)4)36-28(40)20-7-9-21(10-8-20)29(41)37-47(44,45)23-13-11-22(33)12-14-23/h7-15,17-19,24-26H,5-6,16H2,1-4H3,(H,35,42)(H,36,40)(H,37,41)/t24-,25?,26-/m0/s1. The van der Waals surface area contributed by atoms with Crippen LogP contribution < -0.4 is 15.4 Å². The van der Waals surface area contributed by atoms with Crippen LogP contribution in [0.5, 0.6) is 0 Å². The number of oxazole rings is 1. The van der Waals surface area contributed by atoms with Gasteiger partial charge in [0.25, 0.3) is 27.7 Å². The van der Waals surface area contributed by atoms with Crippen LogP contribution in [0, 0.1) is 11.8 Å². The van der Waals surface area contributed by atoms with Gasteiger partial charge in [0.15, 0.2) is 0 Å². The van der Waals surface area contributed by atoms with Gasteiger partial charge in [0.2, 0.25) is 17.6 Å². The van der Waals surface area contributed by atoms with Gasteiger partial charge in [-0.3, -0.25) is 24.0 Å². The third kappa shape index (κ3) is 8.43. The van der Waals surface area contributed by atoms with Gasteiger partial charge in [-0.05, 0) is 73.2 Å². The molecule has 0 saturated carbocycles. The van der Waals surface area contributed by atoms with E-state index in [0.717, 1.165) is 0 Å². The smallest absolute Gasteiger partial charge is 0.265 e. The third-order valence-electron chi connectivity index (χ3n) is 7.71. The lowest BCUT2D eigenvalue weighted by Gasteiger charge is -2.31. The summed E-state index contributed by atoms with van der Waals surface area (Å²) in [7, 11) is -4.16. The number of Topliss-reactive ketones (excluding diaryl/α,β-unsaturated/α-hetero) is 1. The molecule has 2 heterocycles. The topological polar surface area (TPSA) is 185 Å². The molecule has 0 radical (unpaired) electrons. The van der Waals surface area contributed by atoms with Crippen molar-refractivity contribution >= 4 is 51.0 Å². The predicted octanol–water partition coefficient (Wildman–Crippen LogP) is 3.22. The van der Waals surface area contributed by atoms with Crippen LogP contribution in [0.3, 0.4) is 0 Å². The monoisotopic (exact) mass is 685 g/mol. The van der Waals surface area contributed by atoms with Crippen molar-refractivity contribution in [1.29, 1.82) is 0 Å². The predicted molar refractivity (Wildman–Crippen MR) is 171 cm³/mol. The van der Waals surface area contributed by atoms with Gasteiger partial charge >= 0.3 is 0 Å². The van der Waals surface area contributed by atoms with Gasteiger partial charge in [-0.15, -0.1) is 0 Å². The summed E-state index contributed by atoms with van der Waals surface area (Å²) in [4.78, 5) is 71.0. The Kier molecular flexibility index (Phi) is 11.2. The Labute approximate surface area is 277 Å². The summed E-state index contributed by atoms with van der Waals surface area (Å²) < 4.78 is 32.2. The molecule has 1 unspecified atom stereocenters. The normalized spacial score (nSPS) is 16.1. The third-order valence-corrected chi connectivity index (χ3v) is 9.31. The molecule has 1 aromatic heterocycles. The number of nitrogens with zero attached hydrogens (tertiary/aromatic N) is 2. The Balaban J connectivity index is 1.41. The summed E-state index contributed by atoms with van der Waals surface area (Å²) >= 11 is 5.80. The Morgan fingerprint density at radius 2 is 1.47 bits per heavy atom. The first-order valence-corrected chi connectivity index (χ1v) is 16.8. The molecular formula is C32H36ClN5O8S. The van der Waals surface area contributed by atoms with Gasteiger partial charge in [-0.1, -0.05) is 39.3 Å². The zero-order valence-electron chi connectivity index (χ0n) is 26.2. The van der Waals surface area contributed by atoms with E-state index in [0.29, 0.717) is 24.4 Å². The number of amides is 4. The highest BCUT2D eigenvalue weighted by Gasteiger charge is 2.40. The average Bonchev–Trinajstić information content (AvgIpc) is 3.75. The van der Waals surface area contributed by atoms with Crippen LogP contribution in [-0.2, 0) is 19.6 Å². The van der Waals surface area contributed by atoms with Crippen molar-refractivity contribution in [2.75, 3.05) is 6.54 Å². The number of carbonyl (C=O) groups excluding carboxylic acids is 5. The van der Waals surface area contributed by atoms with E-state index >= 15 is 0 Å². The van der Waals surface area contributed by atoms with Gasteiger partial charge in [0.1, 0.15) is 18.3 Å². The maximum Gasteiger partial charge on any atom is 0.265 e. The van der Waals surface area contributed by atoms with Crippen LogP contribution in [0.15, 0.2) is 70.3 Å². The fraction of sp³-hybridized carbons (Fsp3) is 0.375. The molecule has 0 bridgehead atoms. The summed E-state index contributed by atoms with van der Waals surface area (Å²) in [6, 6.07) is 7.80. The number of sulfonamides is 1. The zero-order chi connectivity index (χ0) is 34.5. The number of hydrogen-bond donors (Lipinski definition) is 3. The lowest BCUT2D eigenvalue weighted by atomic mass is 9.98. The molecule has 1 aliphatic rings. The molecule has 3 aromatic rings.